The van der Waals surface area contributed by atoms with Gasteiger partial charge in [-0.05, 0) is 60.5 Å². The Hall–Kier alpha value is -4.31. The highest BCUT2D eigenvalue weighted by Gasteiger charge is 2.09. The topological polar surface area (TPSA) is 94.6 Å². The molecule has 32 heavy (non-hydrogen) atoms. The number of nitriles is 1. The van der Waals surface area contributed by atoms with E-state index < -0.39 is 4.92 Å². The van der Waals surface area contributed by atoms with Gasteiger partial charge in [-0.25, -0.2) is 0 Å². The van der Waals surface area contributed by atoms with Crippen molar-refractivity contribution in [3.8, 4) is 23.3 Å². The summed E-state index contributed by atoms with van der Waals surface area (Å²) in [6, 6.07) is 22.9. The van der Waals surface area contributed by atoms with Crippen LogP contribution in [0.5, 0.6) is 17.2 Å². The minimum atomic E-state index is -0.475. The number of nitro benzene ring substituents is 1. The summed E-state index contributed by atoms with van der Waals surface area (Å²) in [5, 5.41) is 20.4. The predicted molar refractivity (Wildman–Crippen MR) is 122 cm³/mol. The van der Waals surface area contributed by atoms with Gasteiger partial charge >= 0.3 is 0 Å². The monoisotopic (exact) mass is 430 g/mol. The molecule has 0 atom stereocenters. The number of ether oxygens (including phenoxy) is 3. The highest BCUT2D eigenvalue weighted by Crippen LogP contribution is 2.30. The molecule has 3 rings (SSSR count). The lowest BCUT2D eigenvalue weighted by Gasteiger charge is -2.13. The zero-order chi connectivity index (χ0) is 22.8. The second-order valence-corrected chi connectivity index (χ2v) is 6.62. The van der Waals surface area contributed by atoms with Crippen LogP contribution < -0.4 is 14.2 Å². The lowest BCUT2D eigenvalue weighted by atomic mass is 10.0. The zero-order valence-electron chi connectivity index (χ0n) is 17.6. The summed E-state index contributed by atoms with van der Waals surface area (Å²) in [6.07, 6.45) is 1.70. The lowest BCUT2D eigenvalue weighted by molar-refractivity contribution is -0.384. The van der Waals surface area contributed by atoms with Crippen LogP contribution in [0.15, 0.2) is 72.8 Å². The van der Waals surface area contributed by atoms with Crippen molar-refractivity contribution >= 4 is 17.3 Å². The molecule has 3 aromatic rings. The molecule has 0 saturated carbocycles. The fourth-order valence-corrected chi connectivity index (χ4v) is 2.94. The quantitative estimate of drug-likeness (QED) is 0.138. The highest BCUT2D eigenvalue weighted by atomic mass is 16.6. The molecule has 0 aliphatic rings. The van der Waals surface area contributed by atoms with Crippen molar-refractivity contribution in [2.24, 2.45) is 0 Å². The normalized spacial score (nSPS) is 10.8. The largest absolute Gasteiger partial charge is 0.490 e. The van der Waals surface area contributed by atoms with Crippen LogP contribution in [0.2, 0.25) is 0 Å². The standard InChI is InChI=1S/C25H22N2O5/c1-2-30-25-17-19(16-21(18-26)20-9-11-22(12-10-20)27(28)29)8-13-24(25)32-15-14-31-23-6-4-3-5-7-23/h3-13,16-17H,2,14-15H2,1H3. The maximum absolute atomic E-state index is 10.8. The SMILES string of the molecule is CCOc1cc(C=C(C#N)c2ccc([N+](=O)[O-])cc2)ccc1OCCOc1ccccc1. The van der Waals surface area contributed by atoms with Gasteiger partial charge in [0.1, 0.15) is 19.0 Å². The number of nitrogens with zero attached hydrogens (tertiary/aromatic N) is 2. The fourth-order valence-electron chi connectivity index (χ4n) is 2.94. The Labute approximate surface area is 186 Å². The van der Waals surface area contributed by atoms with Crippen molar-refractivity contribution in [1.82, 2.24) is 0 Å². The van der Waals surface area contributed by atoms with Crippen molar-refractivity contribution < 1.29 is 19.1 Å². The van der Waals surface area contributed by atoms with Crippen LogP contribution >= 0.6 is 0 Å². The molecule has 0 amide bonds. The van der Waals surface area contributed by atoms with Crippen molar-refractivity contribution in [2.45, 2.75) is 6.92 Å². The van der Waals surface area contributed by atoms with Crippen LogP contribution in [0.1, 0.15) is 18.1 Å². The van der Waals surface area contributed by atoms with Crippen LogP contribution in [-0.2, 0) is 0 Å². The van der Waals surface area contributed by atoms with Gasteiger partial charge in [-0.15, -0.1) is 0 Å². The van der Waals surface area contributed by atoms with Gasteiger partial charge in [-0.2, -0.15) is 5.26 Å². The van der Waals surface area contributed by atoms with E-state index in [0.717, 1.165) is 11.3 Å². The van der Waals surface area contributed by atoms with Crippen LogP contribution in [0.25, 0.3) is 11.6 Å². The molecule has 162 valence electrons. The molecule has 0 radical (unpaired) electrons. The van der Waals surface area contributed by atoms with Crippen LogP contribution in [0.3, 0.4) is 0 Å². The first-order valence-electron chi connectivity index (χ1n) is 10.0. The second-order valence-electron chi connectivity index (χ2n) is 6.62. The van der Waals surface area contributed by atoms with E-state index >= 15 is 0 Å². The first-order chi connectivity index (χ1) is 15.6. The highest BCUT2D eigenvalue weighted by molar-refractivity contribution is 5.90. The Morgan fingerprint density at radius 2 is 1.69 bits per heavy atom. The average Bonchev–Trinajstić information content (AvgIpc) is 2.82. The summed E-state index contributed by atoms with van der Waals surface area (Å²) in [5.41, 5.74) is 1.69. The smallest absolute Gasteiger partial charge is 0.269 e. The van der Waals surface area contributed by atoms with E-state index in [1.165, 1.54) is 12.1 Å². The van der Waals surface area contributed by atoms with Crippen LogP contribution in [0, 0.1) is 21.4 Å². The number of hydrogen-bond donors (Lipinski definition) is 0. The Morgan fingerprint density at radius 3 is 2.34 bits per heavy atom. The molecule has 0 unspecified atom stereocenters. The molecule has 0 heterocycles. The van der Waals surface area contributed by atoms with Gasteiger partial charge in [0.05, 0.1) is 23.2 Å². The van der Waals surface area contributed by atoms with E-state index in [1.54, 1.807) is 30.3 Å². The van der Waals surface area contributed by atoms with Crippen molar-refractivity contribution in [2.75, 3.05) is 19.8 Å². The number of rotatable bonds is 10. The maximum atomic E-state index is 10.8. The summed E-state index contributed by atoms with van der Waals surface area (Å²) in [6.45, 7) is 3.06. The van der Waals surface area contributed by atoms with Crippen molar-refractivity contribution in [1.29, 1.82) is 5.26 Å². The van der Waals surface area contributed by atoms with Gasteiger partial charge in [0, 0.05) is 12.1 Å². The lowest BCUT2D eigenvalue weighted by Crippen LogP contribution is -2.09. The van der Waals surface area contributed by atoms with E-state index in [4.69, 9.17) is 14.2 Å². The van der Waals surface area contributed by atoms with Gasteiger partial charge in [0.15, 0.2) is 11.5 Å². The van der Waals surface area contributed by atoms with Crippen LogP contribution in [0.4, 0.5) is 5.69 Å². The van der Waals surface area contributed by atoms with Gasteiger partial charge in [0.25, 0.3) is 5.69 Å². The molecule has 3 aromatic carbocycles. The first kappa shape index (κ1) is 22.4. The molecule has 0 aromatic heterocycles. The average molecular weight is 430 g/mol. The van der Waals surface area contributed by atoms with E-state index in [2.05, 4.69) is 6.07 Å². The third kappa shape index (κ3) is 6.09. The predicted octanol–water partition coefficient (Wildman–Crippen LogP) is 5.52. The number of hydrogen-bond acceptors (Lipinski definition) is 6. The summed E-state index contributed by atoms with van der Waals surface area (Å²) >= 11 is 0. The van der Waals surface area contributed by atoms with Crippen molar-refractivity contribution in [3.63, 3.8) is 0 Å². The Bertz CT molecular complexity index is 1120. The van der Waals surface area contributed by atoms with Gasteiger partial charge in [-0.3, -0.25) is 10.1 Å². The van der Waals surface area contributed by atoms with Gasteiger partial charge in [-0.1, -0.05) is 24.3 Å². The molecule has 7 nitrogen and oxygen atoms in total. The third-order valence-electron chi connectivity index (χ3n) is 4.44. The summed E-state index contributed by atoms with van der Waals surface area (Å²) in [5.74, 6) is 1.91. The Balaban J connectivity index is 1.72. The Morgan fingerprint density at radius 1 is 0.969 bits per heavy atom. The van der Waals surface area contributed by atoms with Crippen molar-refractivity contribution in [3.05, 3.63) is 94.0 Å². The summed E-state index contributed by atoms with van der Waals surface area (Å²) < 4.78 is 17.2. The number of allylic oxidation sites excluding steroid dienone is 1. The van der Waals surface area contributed by atoms with Crippen LogP contribution in [-0.4, -0.2) is 24.7 Å². The van der Waals surface area contributed by atoms with E-state index in [0.29, 0.717) is 42.5 Å². The minimum absolute atomic E-state index is 0.0255. The molecule has 0 aliphatic carbocycles. The summed E-state index contributed by atoms with van der Waals surface area (Å²) in [7, 11) is 0. The molecule has 0 spiro atoms. The number of non-ortho nitro benzene ring substituents is 1. The molecule has 7 heteroatoms. The molecule has 0 saturated heterocycles. The van der Waals surface area contributed by atoms with E-state index in [1.807, 2.05) is 43.3 Å². The maximum Gasteiger partial charge on any atom is 0.269 e. The first-order valence-corrected chi connectivity index (χ1v) is 10.0. The van der Waals surface area contributed by atoms with E-state index in [-0.39, 0.29) is 5.69 Å². The number of benzene rings is 3. The third-order valence-corrected chi connectivity index (χ3v) is 4.44. The van der Waals surface area contributed by atoms with E-state index in [9.17, 15) is 15.4 Å². The molecular formula is C25H22N2O5. The fraction of sp³-hybridized carbons (Fsp3) is 0.160. The molecule has 0 N–H and O–H groups in total. The summed E-state index contributed by atoms with van der Waals surface area (Å²) in [4.78, 5) is 10.4. The zero-order valence-corrected chi connectivity index (χ0v) is 17.6. The minimum Gasteiger partial charge on any atom is -0.490 e. The molecule has 0 aliphatic heterocycles. The number of para-hydroxylation sites is 1. The molecular weight excluding hydrogens is 408 g/mol. The van der Waals surface area contributed by atoms with Gasteiger partial charge < -0.3 is 14.2 Å². The molecule has 0 fully saturated rings. The Kier molecular flexibility index (Phi) is 7.82. The van der Waals surface area contributed by atoms with Gasteiger partial charge in [0.2, 0.25) is 0 Å². The number of nitro groups is 1. The molecule has 0 bridgehead atoms. The second kappa shape index (κ2) is 11.2.